The minimum atomic E-state index is -0.762. The number of carbonyl (C=O) groups excluding carboxylic acids is 3. The normalized spacial score (nSPS) is 15.6. The first-order valence-electron chi connectivity index (χ1n) is 16.4. The maximum absolute atomic E-state index is 13.7. The van der Waals surface area contributed by atoms with Gasteiger partial charge in [-0.3, -0.25) is 19.2 Å². The molecule has 2 atom stereocenters. The zero-order valence-electron chi connectivity index (χ0n) is 28.7. The molecule has 3 amide bonds. The third-order valence-corrected chi connectivity index (χ3v) is 8.59. The summed E-state index contributed by atoms with van der Waals surface area (Å²) in [4.78, 5) is 43.5. The number of aromatic nitrogens is 2. The number of ether oxygens (including phenoxy) is 2. The Morgan fingerprint density at radius 1 is 1.00 bits per heavy atom. The second kappa shape index (κ2) is 14.8. The number of piperazine rings is 1. The van der Waals surface area contributed by atoms with E-state index in [1.54, 1.807) is 14.2 Å². The van der Waals surface area contributed by atoms with E-state index in [2.05, 4.69) is 39.7 Å². The maximum atomic E-state index is 13.7. The molecule has 0 spiro atoms. The lowest BCUT2D eigenvalue weighted by atomic mass is 9.98. The highest BCUT2D eigenvalue weighted by atomic mass is 16.6. The minimum Gasteiger partial charge on any atom is -0.497 e. The van der Waals surface area contributed by atoms with Gasteiger partial charge in [-0.2, -0.15) is 5.10 Å². The van der Waals surface area contributed by atoms with Gasteiger partial charge in [-0.25, -0.2) is 4.79 Å². The topological polar surface area (TPSA) is 118 Å². The monoisotopic (exact) mass is 654 g/mol. The van der Waals surface area contributed by atoms with Gasteiger partial charge >= 0.3 is 6.09 Å². The molecular weight excluding hydrogens is 608 g/mol. The first-order chi connectivity index (χ1) is 23.0. The zero-order chi connectivity index (χ0) is 34.4. The molecule has 11 heteroatoms. The smallest absolute Gasteiger partial charge is 0.411 e. The van der Waals surface area contributed by atoms with Crippen molar-refractivity contribution in [2.45, 2.75) is 58.2 Å². The van der Waals surface area contributed by atoms with Crippen LogP contribution >= 0.6 is 0 Å². The highest BCUT2D eigenvalue weighted by molar-refractivity contribution is 6.05. The van der Waals surface area contributed by atoms with E-state index in [1.165, 1.54) is 10.5 Å². The molecule has 254 valence electrons. The molecule has 3 aromatic carbocycles. The van der Waals surface area contributed by atoms with Gasteiger partial charge in [0.25, 0.3) is 5.91 Å². The Kier molecular flexibility index (Phi) is 10.6. The number of hydrogen-bond acceptors (Lipinski definition) is 7. The predicted octanol–water partition coefficient (Wildman–Crippen LogP) is 5.19. The summed E-state index contributed by atoms with van der Waals surface area (Å²) in [6.45, 7) is 9.60. The van der Waals surface area contributed by atoms with Crippen molar-refractivity contribution in [1.29, 1.82) is 0 Å². The van der Waals surface area contributed by atoms with Gasteiger partial charge in [0.05, 0.1) is 19.2 Å². The van der Waals surface area contributed by atoms with Crippen LogP contribution in [0.5, 0.6) is 5.75 Å². The van der Waals surface area contributed by atoms with Crippen molar-refractivity contribution in [3.63, 3.8) is 0 Å². The van der Waals surface area contributed by atoms with Crippen LogP contribution in [0.1, 0.15) is 61.6 Å². The van der Waals surface area contributed by atoms with Gasteiger partial charge in [0.2, 0.25) is 5.91 Å². The highest BCUT2D eigenvalue weighted by Gasteiger charge is 2.38. The zero-order valence-corrected chi connectivity index (χ0v) is 28.7. The summed E-state index contributed by atoms with van der Waals surface area (Å²) in [6, 6.07) is 23.0. The standard InChI is InChI=1S/C37H46N6O5/c1-25(27-10-8-7-9-11-27)18-19-39-34(44)32-24-41(20-21-42(32)36(46)48-37(2,3)4)28-14-17-30-31(22-28)43(40-33(30)35(45)38-5)23-26-12-15-29(47-6)16-13-26/h7-17,22,25,32H,18-21,23-24H2,1-6H3,(H,38,45)(H,39,44). The average molecular weight is 655 g/mol. The second-order valence-electron chi connectivity index (χ2n) is 13.2. The predicted molar refractivity (Wildman–Crippen MR) is 187 cm³/mol. The fraction of sp³-hybridized carbons (Fsp3) is 0.405. The molecule has 0 aliphatic carbocycles. The van der Waals surface area contributed by atoms with Crippen molar-refractivity contribution in [3.05, 3.63) is 89.6 Å². The molecule has 1 aliphatic rings. The lowest BCUT2D eigenvalue weighted by molar-refractivity contribution is -0.126. The van der Waals surface area contributed by atoms with Gasteiger partial charge in [0, 0.05) is 44.3 Å². The Bertz CT molecular complexity index is 1730. The van der Waals surface area contributed by atoms with Crippen LogP contribution in [0.15, 0.2) is 72.8 Å². The van der Waals surface area contributed by atoms with Crippen LogP contribution < -0.4 is 20.3 Å². The highest BCUT2D eigenvalue weighted by Crippen LogP contribution is 2.28. The summed E-state index contributed by atoms with van der Waals surface area (Å²) in [6.07, 6.45) is 0.254. The number of benzene rings is 3. The lowest BCUT2D eigenvalue weighted by Gasteiger charge is -2.41. The first kappa shape index (κ1) is 34.3. The van der Waals surface area contributed by atoms with Crippen molar-refractivity contribution in [2.24, 2.45) is 0 Å². The van der Waals surface area contributed by atoms with E-state index in [0.29, 0.717) is 31.9 Å². The molecule has 5 rings (SSSR count). The van der Waals surface area contributed by atoms with E-state index in [0.717, 1.165) is 34.3 Å². The maximum Gasteiger partial charge on any atom is 0.411 e. The molecule has 1 fully saturated rings. The Morgan fingerprint density at radius 2 is 1.73 bits per heavy atom. The molecule has 1 aromatic heterocycles. The third-order valence-electron chi connectivity index (χ3n) is 8.59. The second-order valence-corrected chi connectivity index (χ2v) is 13.2. The average Bonchev–Trinajstić information content (AvgIpc) is 3.44. The summed E-state index contributed by atoms with van der Waals surface area (Å²) in [5.74, 6) is 0.529. The number of nitrogens with zero attached hydrogens (tertiary/aromatic N) is 4. The number of rotatable bonds is 10. The molecule has 2 heterocycles. The van der Waals surface area contributed by atoms with Crippen molar-refractivity contribution in [2.75, 3.05) is 45.2 Å². The SMILES string of the molecule is CNC(=O)c1nn(Cc2ccc(OC)cc2)c2cc(N3CCN(C(=O)OC(C)(C)C)C(C(=O)NCCC(C)c4ccccc4)C3)ccc12. The third kappa shape index (κ3) is 8.07. The molecule has 0 saturated carbocycles. The first-order valence-corrected chi connectivity index (χ1v) is 16.4. The number of anilines is 1. The molecule has 0 radical (unpaired) electrons. The van der Waals surface area contributed by atoms with E-state index in [9.17, 15) is 14.4 Å². The van der Waals surface area contributed by atoms with Gasteiger partial charge in [0.15, 0.2) is 5.69 Å². The van der Waals surface area contributed by atoms with Crippen molar-refractivity contribution < 1.29 is 23.9 Å². The molecule has 11 nitrogen and oxygen atoms in total. The summed E-state index contributed by atoms with van der Waals surface area (Å²) < 4.78 is 12.8. The number of carbonyl (C=O) groups is 3. The van der Waals surface area contributed by atoms with E-state index in [4.69, 9.17) is 9.47 Å². The molecule has 1 aliphatic heterocycles. The summed E-state index contributed by atoms with van der Waals surface area (Å²) in [5.41, 5.74) is 3.50. The molecule has 1 saturated heterocycles. The van der Waals surface area contributed by atoms with Crippen LogP contribution in [0.4, 0.5) is 10.5 Å². The van der Waals surface area contributed by atoms with Crippen LogP contribution in [0.25, 0.3) is 10.9 Å². The van der Waals surface area contributed by atoms with E-state index >= 15 is 0 Å². The summed E-state index contributed by atoms with van der Waals surface area (Å²) in [7, 11) is 3.21. The minimum absolute atomic E-state index is 0.224. The van der Waals surface area contributed by atoms with Crippen molar-refractivity contribution >= 4 is 34.5 Å². The van der Waals surface area contributed by atoms with E-state index in [-0.39, 0.29) is 24.3 Å². The molecular formula is C37H46N6O5. The molecule has 2 N–H and O–H groups in total. The number of hydrogen-bond donors (Lipinski definition) is 2. The molecule has 2 unspecified atom stereocenters. The Labute approximate surface area is 282 Å². The van der Waals surface area contributed by atoms with Gasteiger partial charge in [-0.1, -0.05) is 49.4 Å². The Morgan fingerprint density at radius 3 is 2.40 bits per heavy atom. The van der Waals surface area contributed by atoms with E-state index < -0.39 is 17.7 Å². The quantitative estimate of drug-likeness (QED) is 0.242. The largest absolute Gasteiger partial charge is 0.497 e. The lowest BCUT2D eigenvalue weighted by Crippen LogP contribution is -2.61. The Balaban J connectivity index is 1.39. The van der Waals surface area contributed by atoms with Crippen LogP contribution in [-0.4, -0.2) is 84.6 Å². The van der Waals surface area contributed by atoms with Crippen LogP contribution in [0.3, 0.4) is 0 Å². The molecule has 48 heavy (non-hydrogen) atoms. The Hall–Kier alpha value is -5.06. The summed E-state index contributed by atoms with van der Waals surface area (Å²) in [5, 5.41) is 11.2. The van der Waals surface area contributed by atoms with E-state index in [1.807, 2.05) is 86.1 Å². The van der Waals surface area contributed by atoms with Gasteiger partial charge in [0.1, 0.15) is 17.4 Å². The fourth-order valence-electron chi connectivity index (χ4n) is 5.93. The number of amides is 3. The van der Waals surface area contributed by atoms with Crippen LogP contribution in [0, 0.1) is 0 Å². The van der Waals surface area contributed by atoms with Gasteiger partial charge in [-0.15, -0.1) is 0 Å². The van der Waals surface area contributed by atoms with Crippen molar-refractivity contribution in [1.82, 2.24) is 25.3 Å². The van der Waals surface area contributed by atoms with Gasteiger partial charge in [-0.05, 0) is 74.6 Å². The van der Waals surface area contributed by atoms with Gasteiger partial charge < -0.3 is 25.0 Å². The van der Waals surface area contributed by atoms with Crippen molar-refractivity contribution in [3.8, 4) is 5.75 Å². The van der Waals surface area contributed by atoms with Crippen LogP contribution in [0.2, 0.25) is 0 Å². The summed E-state index contributed by atoms with van der Waals surface area (Å²) >= 11 is 0. The number of methoxy groups -OCH3 is 1. The number of fused-ring (bicyclic) bond motifs is 1. The molecule has 0 bridgehead atoms. The van der Waals surface area contributed by atoms with Crippen LogP contribution in [-0.2, 0) is 16.1 Å². The number of nitrogens with one attached hydrogen (secondary N) is 2. The molecule has 4 aromatic rings. The fourth-order valence-corrected chi connectivity index (χ4v) is 5.93.